The number of benzene rings is 2. The number of methoxy groups -OCH3 is 4. The van der Waals surface area contributed by atoms with Gasteiger partial charge in [0.05, 0.1) is 40.0 Å². The van der Waals surface area contributed by atoms with E-state index in [-0.39, 0.29) is 19.6 Å². The Hall–Kier alpha value is -3.79. The standard InChI is InChI=1S/C23H27N3O7/c1-30-9-8-25-20(14-21(27)24-15-10-18(32-3)13-19(11-15)33-4)22(28)26(23(25)29)16-6-5-7-17(12-16)31-2/h5-7,10-13,20H,8-9,14H2,1-4H3,(H,24,27)/t20-/m1/s1. The van der Waals surface area contributed by atoms with E-state index in [0.29, 0.717) is 28.6 Å². The number of anilines is 2. The van der Waals surface area contributed by atoms with E-state index in [0.717, 1.165) is 4.90 Å². The van der Waals surface area contributed by atoms with Gasteiger partial charge < -0.3 is 29.2 Å². The summed E-state index contributed by atoms with van der Waals surface area (Å²) in [5.41, 5.74) is 0.813. The Labute approximate surface area is 192 Å². The molecule has 0 aromatic heterocycles. The Kier molecular flexibility index (Phi) is 7.73. The summed E-state index contributed by atoms with van der Waals surface area (Å²) < 4.78 is 20.7. The van der Waals surface area contributed by atoms with Crippen molar-refractivity contribution in [2.75, 3.05) is 51.8 Å². The van der Waals surface area contributed by atoms with E-state index in [9.17, 15) is 14.4 Å². The van der Waals surface area contributed by atoms with Crippen molar-refractivity contribution < 1.29 is 33.3 Å². The zero-order valence-corrected chi connectivity index (χ0v) is 19.0. The maximum absolute atomic E-state index is 13.2. The molecule has 1 heterocycles. The Morgan fingerprint density at radius 1 is 0.939 bits per heavy atom. The Morgan fingerprint density at radius 2 is 1.61 bits per heavy atom. The monoisotopic (exact) mass is 457 g/mol. The second-order valence-corrected chi connectivity index (χ2v) is 7.21. The Bertz CT molecular complexity index is 1000. The van der Waals surface area contributed by atoms with Gasteiger partial charge in [-0.15, -0.1) is 0 Å². The molecule has 1 N–H and O–H groups in total. The summed E-state index contributed by atoms with van der Waals surface area (Å²) in [6, 6.07) is 10.1. The lowest BCUT2D eigenvalue weighted by molar-refractivity contribution is -0.124. The molecular formula is C23H27N3O7. The highest BCUT2D eigenvalue weighted by molar-refractivity contribution is 6.22. The zero-order valence-electron chi connectivity index (χ0n) is 19.0. The highest BCUT2D eigenvalue weighted by Crippen LogP contribution is 2.30. The van der Waals surface area contributed by atoms with Gasteiger partial charge in [0.15, 0.2) is 0 Å². The number of ether oxygens (including phenoxy) is 4. The summed E-state index contributed by atoms with van der Waals surface area (Å²) in [6.07, 6.45) is -0.228. The normalized spacial score (nSPS) is 15.6. The van der Waals surface area contributed by atoms with E-state index in [1.807, 2.05) is 0 Å². The molecule has 0 radical (unpaired) electrons. The van der Waals surface area contributed by atoms with Gasteiger partial charge in [-0.05, 0) is 12.1 Å². The first kappa shape index (κ1) is 23.9. The molecule has 1 aliphatic heterocycles. The fraction of sp³-hybridized carbons (Fsp3) is 0.348. The number of urea groups is 1. The first-order valence-corrected chi connectivity index (χ1v) is 10.2. The third-order valence-corrected chi connectivity index (χ3v) is 5.18. The molecule has 0 unspecified atom stereocenters. The van der Waals surface area contributed by atoms with Crippen molar-refractivity contribution in [2.45, 2.75) is 12.5 Å². The molecule has 0 saturated carbocycles. The minimum absolute atomic E-state index is 0.159. The maximum atomic E-state index is 13.2. The predicted molar refractivity (Wildman–Crippen MR) is 121 cm³/mol. The first-order valence-electron chi connectivity index (χ1n) is 10.2. The van der Waals surface area contributed by atoms with E-state index in [2.05, 4.69) is 5.32 Å². The highest BCUT2D eigenvalue weighted by atomic mass is 16.5. The van der Waals surface area contributed by atoms with Gasteiger partial charge in [0.2, 0.25) is 5.91 Å². The third-order valence-electron chi connectivity index (χ3n) is 5.18. The fourth-order valence-corrected chi connectivity index (χ4v) is 3.53. The van der Waals surface area contributed by atoms with Gasteiger partial charge >= 0.3 is 6.03 Å². The van der Waals surface area contributed by atoms with Crippen LogP contribution in [0.25, 0.3) is 0 Å². The van der Waals surface area contributed by atoms with Gasteiger partial charge in [-0.2, -0.15) is 0 Å². The fourth-order valence-electron chi connectivity index (χ4n) is 3.53. The van der Waals surface area contributed by atoms with Gasteiger partial charge in [-0.25, -0.2) is 9.69 Å². The maximum Gasteiger partial charge on any atom is 0.332 e. The summed E-state index contributed by atoms with van der Waals surface area (Å²) in [4.78, 5) is 41.6. The molecule has 10 heteroatoms. The number of hydrogen-bond donors (Lipinski definition) is 1. The number of amides is 4. The molecule has 1 fully saturated rings. The summed E-state index contributed by atoms with van der Waals surface area (Å²) in [5.74, 6) is 0.573. The molecule has 3 rings (SSSR count). The van der Waals surface area contributed by atoms with Crippen LogP contribution in [0.3, 0.4) is 0 Å². The second kappa shape index (κ2) is 10.7. The number of nitrogens with one attached hydrogen (secondary N) is 1. The average Bonchev–Trinajstić information content (AvgIpc) is 3.05. The summed E-state index contributed by atoms with van der Waals surface area (Å²) in [6.45, 7) is 0.378. The van der Waals surface area contributed by atoms with Crippen molar-refractivity contribution in [1.82, 2.24) is 4.90 Å². The van der Waals surface area contributed by atoms with E-state index in [1.54, 1.807) is 42.5 Å². The van der Waals surface area contributed by atoms with Crippen molar-refractivity contribution in [2.24, 2.45) is 0 Å². The van der Waals surface area contributed by atoms with Crippen LogP contribution in [0, 0.1) is 0 Å². The van der Waals surface area contributed by atoms with Crippen LogP contribution in [-0.4, -0.2) is 70.4 Å². The van der Waals surface area contributed by atoms with Crippen LogP contribution in [0.5, 0.6) is 17.2 Å². The summed E-state index contributed by atoms with van der Waals surface area (Å²) >= 11 is 0. The molecular weight excluding hydrogens is 430 g/mol. The van der Waals surface area contributed by atoms with Gasteiger partial charge in [0, 0.05) is 43.6 Å². The van der Waals surface area contributed by atoms with E-state index >= 15 is 0 Å². The number of carbonyl (C=O) groups excluding carboxylic acids is 3. The van der Waals surface area contributed by atoms with Crippen molar-refractivity contribution in [3.8, 4) is 17.2 Å². The number of rotatable bonds is 10. The van der Waals surface area contributed by atoms with Crippen LogP contribution < -0.4 is 24.4 Å². The number of imide groups is 1. The Balaban J connectivity index is 1.82. The summed E-state index contributed by atoms with van der Waals surface area (Å²) in [7, 11) is 6.01. The topological polar surface area (TPSA) is 107 Å². The van der Waals surface area contributed by atoms with Gasteiger partial charge in [0.25, 0.3) is 5.91 Å². The lowest BCUT2D eigenvalue weighted by Gasteiger charge is -2.21. The van der Waals surface area contributed by atoms with Gasteiger partial charge in [-0.1, -0.05) is 6.07 Å². The van der Waals surface area contributed by atoms with Crippen LogP contribution in [0.15, 0.2) is 42.5 Å². The van der Waals surface area contributed by atoms with E-state index in [1.165, 1.54) is 33.3 Å². The molecule has 176 valence electrons. The molecule has 1 saturated heterocycles. The van der Waals surface area contributed by atoms with Crippen LogP contribution >= 0.6 is 0 Å². The van der Waals surface area contributed by atoms with Crippen molar-refractivity contribution in [3.05, 3.63) is 42.5 Å². The molecule has 0 spiro atoms. The Morgan fingerprint density at radius 3 is 2.21 bits per heavy atom. The lowest BCUT2D eigenvalue weighted by atomic mass is 10.1. The molecule has 2 aromatic carbocycles. The number of carbonyl (C=O) groups is 3. The molecule has 33 heavy (non-hydrogen) atoms. The van der Waals surface area contributed by atoms with Crippen LogP contribution in [0.1, 0.15) is 6.42 Å². The minimum atomic E-state index is -0.980. The zero-order chi connectivity index (χ0) is 24.0. The number of nitrogens with zero attached hydrogens (tertiary/aromatic N) is 2. The molecule has 1 aliphatic rings. The molecule has 2 aromatic rings. The third kappa shape index (κ3) is 5.35. The van der Waals surface area contributed by atoms with Crippen molar-refractivity contribution >= 4 is 29.2 Å². The predicted octanol–water partition coefficient (Wildman–Crippen LogP) is 2.52. The smallest absolute Gasteiger partial charge is 0.332 e. The van der Waals surface area contributed by atoms with Gasteiger partial charge in [0.1, 0.15) is 23.3 Å². The molecule has 10 nitrogen and oxygen atoms in total. The molecule has 0 aliphatic carbocycles. The molecule has 4 amide bonds. The number of hydrogen-bond acceptors (Lipinski definition) is 7. The first-order chi connectivity index (χ1) is 15.9. The lowest BCUT2D eigenvalue weighted by Crippen LogP contribution is -2.39. The minimum Gasteiger partial charge on any atom is -0.497 e. The van der Waals surface area contributed by atoms with Gasteiger partial charge in [-0.3, -0.25) is 9.59 Å². The largest absolute Gasteiger partial charge is 0.497 e. The SMILES string of the molecule is COCCN1C(=O)N(c2cccc(OC)c2)C(=O)[C@H]1CC(=O)Nc1cc(OC)cc(OC)c1. The van der Waals surface area contributed by atoms with Crippen molar-refractivity contribution in [1.29, 1.82) is 0 Å². The van der Waals surface area contributed by atoms with E-state index in [4.69, 9.17) is 18.9 Å². The second-order valence-electron chi connectivity index (χ2n) is 7.21. The quantitative estimate of drug-likeness (QED) is 0.547. The van der Waals surface area contributed by atoms with Crippen LogP contribution in [-0.2, 0) is 14.3 Å². The van der Waals surface area contributed by atoms with Crippen LogP contribution in [0.4, 0.5) is 16.2 Å². The average molecular weight is 457 g/mol. The van der Waals surface area contributed by atoms with Crippen LogP contribution in [0.2, 0.25) is 0 Å². The highest BCUT2D eigenvalue weighted by Gasteiger charge is 2.46. The van der Waals surface area contributed by atoms with Crippen molar-refractivity contribution in [3.63, 3.8) is 0 Å². The van der Waals surface area contributed by atoms with E-state index < -0.39 is 23.9 Å². The summed E-state index contributed by atoms with van der Waals surface area (Å²) in [5, 5.41) is 2.74. The molecule has 0 bridgehead atoms. The molecule has 1 atom stereocenters.